The Morgan fingerprint density at radius 2 is 1.74 bits per heavy atom. The summed E-state index contributed by atoms with van der Waals surface area (Å²) in [6.07, 6.45) is 2.05. The van der Waals surface area contributed by atoms with Gasteiger partial charge in [-0.1, -0.05) is 37.1 Å². The van der Waals surface area contributed by atoms with E-state index >= 15 is 0 Å². The maximum atomic E-state index is 12.9. The van der Waals surface area contributed by atoms with Crippen molar-refractivity contribution in [2.24, 2.45) is 5.92 Å². The van der Waals surface area contributed by atoms with Crippen LogP contribution in [-0.4, -0.2) is 41.6 Å². The van der Waals surface area contributed by atoms with Crippen LogP contribution in [0.4, 0.5) is 18.9 Å². The Balaban J connectivity index is 1.17. The van der Waals surface area contributed by atoms with Gasteiger partial charge in [-0.15, -0.1) is 13.2 Å². The summed E-state index contributed by atoms with van der Waals surface area (Å²) in [4.78, 5) is 40.0. The zero-order valence-corrected chi connectivity index (χ0v) is 21.6. The third-order valence-corrected chi connectivity index (χ3v) is 8.08. The SMILES string of the molecule is O=C(Cc1cccc(OC(F)(F)F)c1)NC1(c2ccc(NC(=O)C3CC(=O)N(C4CCCC4)C3)cc2)CCC1. The average molecular weight is 544 g/mol. The number of rotatable bonds is 8. The van der Waals surface area contributed by atoms with Crippen LogP contribution >= 0.6 is 0 Å². The van der Waals surface area contributed by atoms with Crippen LogP contribution in [-0.2, 0) is 26.3 Å². The molecular weight excluding hydrogens is 511 g/mol. The van der Waals surface area contributed by atoms with E-state index < -0.39 is 11.9 Å². The van der Waals surface area contributed by atoms with Crippen molar-refractivity contribution in [2.45, 2.75) is 75.7 Å². The van der Waals surface area contributed by atoms with E-state index in [1.807, 2.05) is 17.0 Å². The molecule has 3 aliphatic rings. The fraction of sp³-hybridized carbons (Fsp3) is 0.483. The van der Waals surface area contributed by atoms with Crippen molar-refractivity contribution in [1.82, 2.24) is 10.2 Å². The summed E-state index contributed by atoms with van der Waals surface area (Å²) < 4.78 is 41.5. The predicted molar refractivity (Wildman–Crippen MR) is 138 cm³/mol. The standard InChI is InChI=1S/C29H32F3N3O4/c30-29(31,32)39-24-8-3-5-19(15-24)16-25(36)34-28(13-4-14-28)21-9-11-22(12-10-21)33-27(38)20-17-26(37)35(18-20)23-6-1-2-7-23/h3,5,8-12,15,20,23H,1-2,4,6-7,13-14,16-18H2,(H,33,38)(H,34,36). The molecule has 39 heavy (non-hydrogen) atoms. The number of anilines is 1. The Kier molecular flexibility index (Phi) is 7.55. The quantitative estimate of drug-likeness (QED) is 0.488. The smallest absolute Gasteiger partial charge is 0.406 e. The number of hydrogen-bond donors (Lipinski definition) is 2. The molecule has 2 aromatic rings. The van der Waals surface area contributed by atoms with Gasteiger partial charge in [0.15, 0.2) is 0 Å². The Labute approximate surface area is 225 Å². The molecule has 10 heteroatoms. The lowest BCUT2D eigenvalue weighted by atomic mass is 9.71. The van der Waals surface area contributed by atoms with Gasteiger partial charge in [0.1, 0.15) is 5.75 Å². The zero-order chi connectivity index (χ0) is 27.6. The van der Waals surface area contributed by atoms with Crippen LogP contribution in [0.25, 0.3) is 0 Å². The van der Waals surface area contributed by atoms with Crippen LogP contribution in [0.5, 0.6) is 5.75 Å². The van der Waals surface area contributed by atoms with Gasteiger partial charge in [-0.05, 0) is 67.5 Å². The molecule has 3 amide bonds. The minimum atomic E-state index is -4.80. The summed E-state index contributed by atoms with van der Waals surface area (Å²) in [5.41, 5.74) is 1.38. The van der Waals surface area contributed by atoms with Crippen molar-refractivity contribution in [1.29, 1.82) is 0 Å². The minimum Gasteiger partial charge on any atom is -0.406 e. The first-order chi connectivity index (χ1) is 18.6. The lowest BCUT2D eigenvalue weighted by Gasteiger charge is -2.43. The second-order valence-corrected chi connectivity index (χ2v) is 10.8. The Hall–Kier alpha value is -3.56. The lowest BCUT2D eigenvalue weighted by Crippen LogP contribution is -2.51. The molecule has 2 N–H and O–H groups in total. The van der Waals surface area contributed by atoms with Crippen molar-refractivity contribution in [3.63, 3.8) is 0 Å². The van der Waals surface area contributed by atoms with E-state index in [-0.39, 0.29) is 48.3 Å². The monoisotopic (exact) mass is 543 g/mol. The van der Waals surface area contributed by atoms with E-state index in [0.717, 1.165) is 50.5 Å². The van der Waals surface area contributed by atoms with E-state index in [1.54, 1.807) is 18.2 Å². The Bertz CT molecular complexity index is 1220. The molecule has 2 aromatic carbocycles. The number of benzene rings is 2. The number of nitrogens with one attached hydrogen (secondary N) is 2. The van der Waals surface area contributed by atoms with Gasteiger partial charge in [-0.25, -0.2) is 0 Å². The molecule has 0 aromatic heterocycles. The number of alkyl halides is 3. The van der Waals surface area contributed by atoms with Crippen molar-refractivity contribution >= 4 is 23.4 Å². The molecule has 2 saturated carbocycles. The second-order valence-electron chi connectivity index (χ2n) is 10.8. The molecule has 208 valence electrons. The normalized spacial score (nSPS) is 20.9. The van der Waals surface area contributed by atoms with Crippen LogP contribution in [0.3, 0.4) is 0 Å². The van der Waals surface area contributed by atoms with Crippen molar-refractivity contribution in [3.05, 3.63) is 59.7 Å². The first-order valence-electron chi connectivity index (χ1n) is 13.5. The summed E-state index contributed by atoms with van der Waals surface area (Å²) in [5.74, 6) is -1.14. The van der Waals surface area contributed by atoms with Gasteiger partial charge in [0.25, 0.3) is 0 Å². The number of nitrogens with zero attached hydrogens (tertiary/aromatic N) is 1. The summed E-state index contributed by atoms with van der Waals surface area (Å²) in [6.45, 7) is 0.466. The number of ether oxygens (including phenoxy) is 1. The summed E-state index contributed by atoms with van der Waals surface area (Å²) in [6, 6.07) is 13.0. The molecule has 1 saturated heterocycles. The highest BCUT2D eigenvalue weighted by atomic mass is 19.4. The number of likely N-dealkylation sites (tertiary alicyclic amines) is 1. The van der Waals surface area contributed by atoms with Crippen molar-refractivity contribution in [2.75, 3.05) is 11.9 Å². The van der Waals surface area contributed by atoms with Crippen LogP contribution < -0.4 is 15.4 Å². The molecule has 1 heterocycles. The first-order valence-corrected chi connectivity index (χ1v) is 13.5. The molecule has 7 nitrogen and oxygen atoms in total. The lowest BCUT2D eigenvalue weighted by molar-refractivity contribution is -0.274. The molecule has 0 radical (unpaired) electrons. The molecule has 0 spiro atoms. The van der Waals surface area contributed by atoms with E-state index in [4.69, 9.17) is 0 Å². The molecule has 1 unspecified atom stereocenters. The predicted octanol–water partition coefficient (Wildman–Crippen LogP) is 5.05. The molecule has 0 bridgehead atoms. The fourth-order valence-corrected chi connectivity index (χ4v) is 5.96. The van der Waals surface area contributed by atoms with Gasteiger partial charge in [-0.3, -0.25) is 14.4 Å². The molecule has 1 aliphatic heterocycles. The molecule has 2 aliphatic carbocycles. The summed E-state index contributed by atoms with van der Waals surface area (Å²) in [7, 11) is 0. The van der Waals surface area contributed by atoms with Gasteiger partial charge in [0.05, 0.1) is 17.9 Å². The highest BCUT2D eigenvalue weighted by Crippen LogP contribution is 2.42. The van der Waals surface area contributed by atoms with Crippen LogP contribution in [0.2, 0.25) is 0 Å². The maximum Gasteiger partial charge on any atom is 0.573 e. The van der Waals surface area contributed by atoms with Gasteiger partial charge >= 0.3 is 6.36 Å². The third kappa shape index (κ3) is 6.37. The van der Waals surface area contributed by atoms with Crippen LogP contribution in [0.15, 0.2) is 48.5 Å². The molecule has 3 fully saturated rings. The van der Waals surface area contributed by atoms with Crippen LogP contribution in [0, 0.1) is 5.92 Å². The third-order valence-electron chi connectivity index (χ3n) is 8.08. The molecule has 5 rings (SSSR count). The maximum absolute atomic E-state index is 12.9. The number of carbonyl (C=O) groups excluding carboxylic acids is 3. The van der Waals surface area contributed by atoms with Gasteiger partial charge in [-0.2, -0.15) is 0 Å². The van der Waals surface area contributed by atoms with E-state index in [1.165, 1.54) is 18.2 Å². The molecular formula is C29H32F3N3O4. The Morgan fingerprint density at radius 3 is 2.38 bits per heavy atom. The topological polar surface area (TPSA) is 87.7 Å². The van der Waals surface area contributed by atoms with E-state index in [2.05, 4.69) is 15.4 Å². The van der Waals surface area contributed by atoms with Gasteiger partial charge in [0, 0.05) is 24.7 Å². The number of hydrogen-bond acceptors (Lipinski definition) is 4. The number of amides is 3. The first kappa shape index (κ1) is 27.0. The van der Waals surface area contributed by atoms with E-state index in [9.17, 15) is 27.6 Å². The number of carbonyl (C=O) groups is 3. The zero-order valence-electron chi connectivity index (χ0n) is 21.6. The summed E-state index contributed by atoms with van der Waals surface area (Å²) >= 11 is 0. The minimum absolute atomic E-state index is 0.0552. The second kappa shape index (κ2) is 10.9. The van der Waals surface area contributed by atoms with E-state index in [0.29, 0.717) is 17.8 Å². The number of halogens is 3. The van der Waals surface area contributed by atoms with Crippen molar-refractivity contribution in [3.8, 4) is 5.75 Å². The highest BCUT2D eigenvalue weighted by molar-refractivity contribution is 5.97. The van der Waals surface area contributed by atoms with Gasteiger partial charge < -0.3 is 20.3 Å². The largest absolute Gasteiger partial charge is 0.573 e. The highest BCUT2D eigenvalue weighted by Gasteiger charge is 2.41. The average Bonchev–Trinajstić information content (AvgIpc) is 3.51. The fourth-order valence-electron chi connectivity index (χ4n) is 5.96. The van der Waals surface area contributed by atoms with Crippen LogP contribution in [0.1, 0.15) is 62.5 Å². The Morgan fingerprint density at radius 1 is 1.03 bits per heavy atom. The summed E-state index contributed by atoms with van der Waals surface area (Å²) in [5, 5.41) is 6.00. The van der Waals surface area contributed by atoms with Crippen molar-refractivity contribution < 1.29 is 32.3 Å². The molecule has 1 atom stereocenters. The van der Waals surface area contributed by atoms with Gasteiger partial charge in [0.2, 0.25) is 17.7 Å².